The maximum atomic E-state index is 6.18. The molecule has 1 fully saturated rings. The Labute approximate surface area is 203 Å². The zero-order valence-electron chi connectivity index (χ0n) is 18.9. The first kappa shape index (κ1) is 25.3. The Kier molecular flexibility index (Phi) is 9.90. The topological polar surface area (TPSA) is 72.1 Å². The zero-order chi connectivity index (χ0) is 21.5. The van der Waals surface area contributed by atoms with Gasteiger partial charge >= 0.3 is 0 Å². The molecule has 1 aliphatic rings. The maximum Gasteiger partial charge on any atom is 0.193 e. The summed E-state index contributed by atoms with van der Waals surface area (Å²) in [5.41, 5.74) is 8.38. The number of benzene rings is 2. The van der Waals surface area contributed by atoms with E-state index in [-0.39, 0.29) is 30.1 Å². The lowest BCUT2D eigenvalue weighted by Gasteiger charge is -2.39. The molecule has 7 heteroatoms. The van der Waals surface area contributed by atoms with Crippen molar-refractivity contribution in [3.8, 4) is 11.5 Å². The SMILES string of the molecule is COc1ccc(C2C(CN=C(N)Nc3ccc(OC(C)C)cc3)CCCN2C)cc1.I. The standard InChI is InChI=1S/C24H34N4O2.HI/c1-17(2)30-22-13-9-20(10-14-22)27-24(25)26-16-19-6-5-15-28(3)23(19)18-7-11-21(29-4)12-8-18;/h7-14,17,19,23H,5-6,15-16H2,1-4H3,(H3,25,26,27);1H. The highest BCUT2D eigenvalue weighted by Crippen LogP contribution is 2.35. The van der Waals surface area contributed by atoms with E-state index in [0.29, 0.717) is 24.5 Å². The Morgan fingerprint density at radius 1 is 1.13 bits per heavy atom. The number of piperidine rings is 1. The summed E-state index contributed by atoms with van der Waals surface area (Å²) in [6.07, 6.45) is 2.47. The molecule has 6 nitrogen and oxygen atoms in total. The molecule has 0 saturated carbocycles. The fourth-order valence-electron chi connectivity index (χ4n) is 4.07. The number of nitrogens with zero attached hydrogens (tertiary/aromatic N) is 2. The molecule has 2 unspecified atom stereocenters. The van der Waals surface area contributed by atoms with Crippen molar-refractivity contribution in [1.82, 2.24) is 4.90 Å². The molecule has 3 rings (SSSR count). The van der Waals surface area contributed by atoms with Crippen LogP contribution in [0.15, 0.2) is 53.5 Å². The Balaban J connectivity index is 0.00000341. The number of methoxy groups -OCH3 is 1. The molecular weight excluding hydrogens is 503 g/mol. The molecule has 1 aliphatic heterocycles. The third-order valence-electron chi connectivity index (χ3n) is 5.46. The quantitative estimate of drug-likeness (QED) is 0.298. The van der Waals surface area contributed by atoms with E-state index in [0.717, 1.165) is 30.2 Å². The average molecular weight is 538 g/mol. The summed E-state index contributed by atoms with van der Waals surface area (Å²) in [7, 11) is 3.88. The van der Waals surface area contributed by atoms with E-state index in [1.807, 2.05) is 50.2 Å². The smallest absolute Gasteiger partial charge is 0.193 e. The lowest BCUT2D eigenvalue weighted by atomic mass is 9.85. The average Bonchev–Trinajstić information content (AvgIpc) is 2.73. The number of ether oxygens (including phenoxy) is 2. The molecule has 0 radical (unpaired) electrons. The summed E-state index contributed by atoms with van der Waals surface area (Å²) >= 11 is 0. The van der Waals surface area contributed by atoms with Gasteiger partial charge in [-0.1, -0.05) is 12.1 Å². The van der Waals surface area contributed by atoms with E-state index in [1.54, 1.807) is 7.11 Å². The Morgan fingerprint density at radius 2 is 1.77 bits per heavy atom. The monoisotopic (exact) mass is 538 g/mol. The van der Waals surface area contributed by atoms with Crippen molar-refractivity contribution in [2.75, 3.05) is 32.6 Å². The number of anilines is 1. The largest absolute Gasteiger partial charge is 0.497 e. The van der Waals surface area contributed by atoms with E-state index in [2.05, 4.69) is 34.4 Å². The number of halogens is 1. The van der Waals surface area contributed by atoms with Gasteiger partial charge in [-0.15, -0.1) is 24.0 Å². The number of nitrogens with two attached hydrogens (primary N) is 1. The number of hydrogen-bond acceptors (Lipinski definition) is 4. The molecule has 3 N–H and O–H groups in total. The van der Waals surface area contributed by atoms with E-state index in [1.165, 1.54) is 12.0 Å². The summed E-state index contributed by atoms with van der Waals surface area (Å²) in [5.74, 6) is 2.58. The summed E-state index contributed by atoms with van der Waals surface area (Å²) in [6.45, 7) is 5.81. The summed E-state index contributed by atoms with van der Waals surface area (Å²) in [5, 5.41) is 3.18. The minimum absolute atomic E-state index is 0. The number of rotatable bonds is 7. The molecule has 31 heavy (non-hydrogen) atoms. The van der Waals surface area contributed by atoms with Crippen LogP contribution in [0, 0.1) is 5.92 Å². The third-order valence-corrected chi connectivity index (χ3v) is 5.46. The minimum atomic E-state index is 0. The first-order chi connectivity index (χ1) is 14.5. The second kappa shape index (κ2) is 12.1. The van der Waals surface area contributed by atoms with Crippen LogP contribution in [0.25, 0.3) is 0 Å². The van der Waals surface area contributed by atoms with Crippen LogP contribution >= 0.6 is 24.0 Å². The molecule has 0 spiro atoms. The van der Waals surface area contributed by atoms with Gasteiger partial charge in [0.1, 0.15) is 11.5 Å². The van der Waals surface area contributed by atoms with Crippen molar-refractivity contribution in [2.24, 2.45) is 16.6 Å². The van der Waals surface area contributed by atoms with Crippen LogP contribution in [-0.2, 0) is 0 Å². The molecule has 2 aromatic rings. The highest BCUT2D eigenvalue weighted by Gasteiger charge is 2.30. The van der Waals surface area contributed by atoms with Crippen molar-refractivity contribution in [2.45, 2.75) is 38.8 Å². The predicted molar refractivity (Wildman–Crippen MR) is 139 cm³/mol. The highest BCUT2D eigenvalue weighted by molar-refractivity contribution is 14.0. The van der Waals surface area contributed by atoms with Crippen LogP contribution in [0.1, 0.15) is 38.3 Å². The van der Waals surface area contributed by atoms with Crippen molar-refractivity contribution in [3.63, 3.8) is 0 Å². The van der Waals surface area contributed by atoms with Crippen molar-refractivity contribution < 1.29 is 9.47 Å². The molecule has 1 saturated heterocycles. The molecule has 0 aromatic heterocycles. The zero-order valence-corrected chi connectivity index (χ0v) is 21.2. The van der Waals surface area contributed by atoms with Crippen LogP contribution in [0.2, 0.25) is 0 Å². The maximum absolute atomic E-state index is 6.18. The highest BCUT2D eigenvalue weighted by atomic mass is 127. The summed E-state index contributed by atoms with van der Waals surface area (Å²) in [4.78, 5) is 7.08. The van der Waals surface area contributed by atoms with Crippen molar-refractivity contribution >= 4 is 35.6 Å². The molecule has 0 aliphatic carbocycles. The van der Waals surface area contributed by atoms with Gasteiger partial charge in [-0.2, -0.15) is 0 Å². The normalized spacial score (nSPS) is 19.6. The molecule has 170 valence electrons. The molecular formula is C24H35IN4O2. The first-order valence-electron chi connectivity index (χ1n) is 10.6. The van der Waals surface area contributed by atoms with Gasteiger partial charge in [0.15, 0.2) is 5.96 Å². The predicted octanol–water partition coefficient (Wildman–Crippen LogP) is 4.91. The first-order valence-corrected chi connectivity index (χ1v) is 10.6. The van der Waals surface area contributed by atoms with Gasteiger partial charge in [0.2, 0.25) is 0 Å². The van der Waals surface area contributed by atoms with Gasteiger partial charge in [0.25, 0.3) is 0 Å². The summed E-state index contributed by atoms with van der Waals surface area (Å²) < 4.78 is 11.0. The fraction of sp³-hybridized carbons (Fsp3) is 0.458. The fourth-order valence-corrected chi connectivity index (χ4v) is 4.07. The molecule has 2 aromatic carbocycles. The van der Waals surface area contributed by atoms with Crippen LogP contribution in [-0.4, -0.2) is 44.2 Å². The van der Waals surface area contributed by atoms with Crippen molar-refractivity contribution in [3.05, 3.63) is 54.1 Å². The number of aliphatic imine (C=N–C) groups is 1. The Bertz CT molecular complexity index is 824. The van der Waals surface area contributed by atoms with Gasteiger partial charge in [-0.05, 0) is 88.2 Å². The van der Waals surface area contributed by atoms with Crippen LogP contribution in [0.5, 0.6) is 11.5 Å². The van der Waals surface area contributed by atoms with Gasteiger partial charge in [-0.25, -0.2) is 0 Å². The molecule has 2 atom stereocenters. The molecule has 0 amide bonds. The number of hydrogen-bond donors (Lipinski definition) is 2. The second-order valence-electron chi connectivity index (χ2n) is 8.14. The van der Waals surface area contributed by atoms with E-state index >= 15 is 0 Å². The second-order valence-corrected chi connectivity index (χ2v) is 8.14. The molecule has 0 bridgehead atoms. The number of guanidine groups is 1. The Morgan fingerprint density at radius 3 is 2.39 bits per heavy atom. The van der Waals surface area contributed by atoms with Crippen LogP contribution in [0.3, 0.4) is 0 Å². The number of likely N-dealkylation sites (tertiary alicyclic amines) is 1. The molecule has 1 heterocycles. The van der Waals surface area contributed by atoms with Crippen molar-refractivity contribution in [1.29, 1.82) is 0 Å². The third kappa shape index (κ3) is 7.28. The summed E-state index contributed by atoms with van der Waals surface area (Å²) in [6, 6.07) is 16.5. The number of nitrogens with one attached hydrogen (secondary N) is 1. The van der Waals surface area contributed by atoms with Crippen LogP contribution < -0.4 is 20.5 Å². The van der Waals surface area contributed by atoms with E-state index in [9.17, 15) is 0 Å². The van der Waals surface area contributed by atoms with Gasteiger partial charge < -0.3 is 20.5 Å². The van der Waals surface area contributed by atoms with Crippen LogP contribution in [0.4, 0.5) is 5.69 Å². The lowest BCUT2D eigenvalue weighted by Crippen LogP contribution is -2.38. The Hall–Kier alpha value is -2.00. The van der Waals surface area contributed by atoms with Gasteiger partial charge in [-0.3, -0.25) is 9.89 Å². The van der Waals surface area contributed by atoms with Gasteiger partial charge in [0, 0.05) is 18.3 Å². The van der Waals surface area contributed by atoms with E-state index in [4.69, 9.17) is 15.2 Å². The van der Waals surface area contributed by atoms with E-state index < -0.39 is 0 Å². The minimum Gasteiger partial charge on any atom is -0.497 e. The lowest BCUT2D eigenvalue weighted by molar-refractivity contribution is 0.125. The van der Waals surface area contributed by atoms with Gasteiger partial charge in [0.05, 0.1) is 13.2 Å².